The van der Waals surface area contributed by atoms with Gasteiger partial charge in [0.2, 0.25) is 5.91 Å². The molecule has 2 aliphatic heterocycles. The summed E-state index contributed by atoms with van der Waals surface area (Å²) in [5.41, 5.74) is 0.391. The second-order valence-electron chi connectivity index (χ2n) is 10.7. The molecule has 1 aromatic carbocycles. The number of carbonyl (C=O) groups is 1. The van der Waals surface area contributed by atoms with Gasteiger partial charge >= 0.3 is 6.18 Å². The monoisotopic (exact) mass is 508 g/mol. The number of alkyl halides is 3. The largest absolute Gasteiger partial charge is 0.416 e. The van der Waals surface area contributed by atoms with Gasteiger partial charge in [0.15, 0.2) is 0 Å². The van der Waals surface area contributed by atoms with Crippen LogP contribution in [0.4, 0.5) is 13.2 Å². The number of ether oxygens (including phenoxy) is 2. The number of hydrogen-bond donors (Lipinski definition) is 1. The SMILES string of the molecule is CCOC1COCCC1NC1CCC(C(=O)N2CC=C(c3cccc(C(F)(F)F)c3)CC2)(C(C)C)C1. The van der Waals surface area contributed by atoms with Gasteiger partial charge in [-0.15, -0.1) is 0 Å². The lowest BCUT2D eigenvalue weighted by atomic mass is 9.74. The van der Waals surface area contributed by atoms with E-state index in [1.165, 1.54) is 12.1 Å². The van der Waals surface area contributed by atoms with Gasteiger partial charge in [0.25, 0.3) is 0 Å². The average Bonchev–Trinajstić information content (AvgIpc) is 3.30. The number of halogens is 3. The Morgan fingerprint density at radius 3 is 2.78 bits per heavy atom. The maximum absolute atomic E-state index is 13.9. The van der Waals surface area contributed by atoms with Crippen molar-refractivity contribution >= 4 is 11.5 Å². The van der Waals surface area contributed by atoms with Crippen LogP contribution in [0.15, 0.2) is 30.3 Å². The van der Waals surface area contributed by atoms with E-state index in [4.69, 9.17) is 9.47 Å². The van der Waals surface area contributed by atoms with Crippen molar-refractivity contribution < 1.29 is 27.4 Å². The fraction of sp³-hybridized carbons (Fsp3) is 0.679. The molecular formula is C28H39F3N2O3. The van der Waals surface area contributed by atoms with Crippen molar-refractivity contribution in [3.05, 3.63) is 41.5 Å². The summed E-state index contributed by atoms with van der Waals surface area (Å²) in [5, 5.41) is 3.79. The Hall–Kier alpha value is -1.90. The first-order chi connectivity index (χ1) is 17.1. The third-order valence-electron chi connectivity index (χ3n) is 8.27. The van der Waals surface area contributed by atoms with E-state index in [9.17, 15) is 18.0 Å². The van der Waals surface area contributed by atoms with Gasteiger partial charge < -0.3 is 19.7 Å². The second kappa shape index (κ2) is 11.2. The summed E-state index contributed by atoms with van der Waals surface area (Å²) in [4.78, 5) is 15.8. The maximum Gasteiger partial charge on any atom is 0.416 e. The minimum atomic E-state index is -4.36. The second-order valence-corrected chi connectivity index (χ2v) is 10.7. The Balaban J connectivity index is 1.42. The summed E-state index contributed by atoms with van der Waals surface area (Å²) in [7, 11) is 0. The van der Waals surface area contributed by atoms with E-state index in [-0.39, 0.29) is 30.0 Å². The highest BCUT2D eigenvalue weighted by atomic mass is 19.4. The number of benzene rings is 1. The topological polar surface area (TPSA) is 50.8 Å². The molecule has 0 bridgehead atoms. The summed E-state index contributed by atoms with van der Waals surface area (Å²) in [6, 6.07) is 5.95. The summed E-state index contributed by atoms with van der Waals surface area (Å²) in [5.74, 6) is 0.373. The van der Waals surface area contributed by atoms with Crippen LogP contribution in [-0.2, 0) is 20.4 Å². The number of nitrogens with one attached hydrogen (secondary N) is 1. The van der Waals surface area contributed by atoms with Gasteiger partial charge in [-0.2, -0.15) is 13.2 Å². The number of rotatable bonds is 7. The maximum atomic E-state index is 13.9. The molecule has 1 amide bonds. The molecule has 4 atom stereocenters. The predicted octanol–water partition coefficient (Wildman–Crippen LogP) is 5.30. The first-order valence-corrected chi connectivity index (χ1v) is 13.3. The highest BCUT2D eigenvalue weighted by Gasteiger charge is 2.50. The minimum Gasteiger partial charge on any atom is -0.379 e. The standard InChI is InChI=1S/C28H39F3N2O3/c1-4-36-25-18-35-15-11-24(25)32-23-8-12-27(17-23,19(2)3)26(34)33-13-9-20(10-14-33)21-6-5-7-22(16-21)28(29,30)31/h5-7,9,16,19,23-25,32H,4,8,10-15,17-18H2,1-3H3. The van der Waals surface area contributed by atoms with E-state index >= 15 is 0 Å². The molecule has 1 saturated carbocycles. The molecule has 0 radical (unpaired) electrons. The summed E-state index contributed by atoms with van der Waals surface area (Å²) in [6.45, 7) is 9.18. The Morgan fingerprint density at radius 1 is 1.31 bits per heavy atom. The Bertz CT molecular complexity index is 946. The van der Waals surface area contributed by atoms with Crippen molar-refractivity contribution in [1.82, 2.24) is 10.2 Å². The lowest BCUT2D eigenvalue weighted by Gasteiger charge is -2.39. The number of carbonyl (C=O) groups excluding carboxylic acids is 1. The molecule has 36 heavy (non-hydrogen) atoms. The van der Waals surface area contributed by atoms with E-state index in [1.807, 2.05) is 17.9 Å². The lowest BCUT2D eigenvalue weighted by Crippen LogP contribution is -2.52. The zero-order valence-corrected chi connectivity index (χ0v) is 21.6. The zero-order valence-electron chi connectivity index (χ0n) is 21.6. The van der Waals surface area contributed by atoms with Gasteiger partial charge in [0, 0.05) is 38.4 Å². The van der Waals surface area contributed by atoms with Gasteiger partial charge in [-0.3, -0.25) is 4.79 Å². The Labute approximate surface area is 212 Å². The molecule has 2 heterocycles. The molecule has 0 spiro atoms. The molecule has 2 fully saturated rings. The predicted molar refractivity (Wildman–Crippen MR) is 133 cm³/mol. The van der Waals surface area contributed by atoms with Crippen molar-refractivity contribution in [3.63, 3.8) is 0 Å². The molecule has 3 aliphatic rings. The molecule has 1 aromatic rings. The molecule has 0 aromatic heterocycles. The summed E-state index contributed by atoms with van der Waals surface area (Å²) in [6.07, 6.45) is 1.63. The van der Waals surface area contributed by atoms with E-state index < -0.39 is 17.2 Å². The zero-order chi connectivity index (χ0) is 25.9. The normalized spacial score (nSPS) is 29.5. The van der Waals surface area contributed by atoms with E-state index in [0.29, 0.717) is 38.3 Å². The van der Waals surface area contributed by atoms with Crippen LogP contribution in [0.1, 0.15) is 64.0 Å². The third kappa shape index (κ3) is 5.81. The van der Waals surface area contributed by atoms with Crippen molar-refractivity contribution in [2.75, 3.05) is 32.9 Å². The third-order valence-corrected chi connectivity index (χ3v) is 8.27. The van der Waals surface area contributed by atoms with Crippen LogP contribution in [0.25, 0.3) is 5.57 Å². The average molecular weight is 509 g/mol. The minimum absolute atomic E-state index is 0.0370. The molecule has 1 N–H and O–H groups in total. The van der Waals surface area contributed by atoms with Crippen LogP contribution in [0.2, 0.25) is 0 Å². The van der Waals surface area contributed by atoms with Crippen LogP contribution >= 0.6 is 0 Å². The number of amides is 1. The highest BCUT2D eigenvalue weighted by molar-refractivity contribution is 5.84. The van der Waals surface area contributed by atoms with Gasteiger partial charge in [-0.05, 0) is 68.2 Å². The number of nitrogens with zero attached hydrogens (tertiary/aromatic N) is 1. The van der Waals surface area contributed by atoms with Crippen LogP contribution in [-0.4, -0.2) is 61.9 Å². The quantitative estimate of drug-likeness (QED) is 0.543. The first kappa shape index (κ1) is 27.1. The fourth-order valence-electron chi connectivity index (χ4n) is 6.09. The van der Waals surface area contributed by atoms with Gasteiger partial charge in [-0.25, -0.2) is 0 Å². The molecular weight excluding hydrogens is 469 g/mol. The summed E-state index contributed by atoms with van der Waals surface area (Å²) < 4.78 is 50.9. The smallest absolute Gasteiger partial charge is 0.379 e. The van der Waals surface area contributed by atoms with Crippen LogP contribution in [0, 0.1) is 11.3 Å². The van der Waals surface area contributed by atoms with Crippen LogP contribution in [0.5, 0.6) is 0 Å². The molecule has 5 nitrogen and oxygen atoms in total. The Kier molecular flexibility index (Phi) is 8.47. The highest BCUT2D eigenvalue weighted by Crippen LogP contribution is 2.46. The molecule has 1 saturated heterocycles. The van der Waals surface area contributed by atoms with Crippen LogP contribution in [0.3, 0.4) is 0 Å². The van der Waals surface area contributed by atoms with Crippen molar-refractivity contribution in [2.24, 2.45) is 11.3 Å². The fourth-order valence-corrected chi connectivity index (χ4v) is 6.09. The van der Waals surface area contributed by atoms with Crippen molar-refractivity contribution in [1.29, 1.82) is 0 Å². The first-order valence-electron chi connectivity index (χ1n) is 13.3. The van der Waals surface area contributed by atoms with Gasteiger partial charge in [-0.1, -0.05) is 32.1 Å². The van der Waals surface area contributed by atoms with Crippen LogP contribution < -0.4 is 5.32 Å². The molecule has 8 heteroatoms. The molecule has 4 rings (SSSR count). The Morgan fingerprint density at radius 2 is 2.11 bits per heavy atom. The molecule has 200 valence electrons. The van der Waals surface area contributed by atoms with Gasteiger partial charge in [0.05, 0.1) is 23.7 Å². The molecule has 1 aliphatic carbocycles. The number of hydrogen-bond acceptors (Lipinski definition) is 4. The van der Waals surface area contributed by atoms with Gasteiger partial charge in [0.1, 0.15) is 0 Å². The van der Waals surface area contributed by atoms with E-state index in [2.05, 4.69) is 19.2 Å². The van der Waals surface area contributed by atoms with E-state index in [0.717, 1.165) is 43.9 Å². The summed E-state index contributed by atoms with van der Waals surface area (Å²) >= 11 is 0. The van der Waals surface area contributed by atoms with Crippen molar-refractivity contribution in [2.45, 2.75) is 77.2 Å². The lowest BCUT2D eigenvalue weighted by molar-refractivity contribution is -0.144. The van der Waals surface area contributed by atoms with Crippen molar-refractivity contribution in [3.8, 4) is 0 Å². The molecule has 4 unspecified atom stereocenters. The van der Waals surface area contributed by atoms with E-state index in [1.54, 1.807) is 6.07 Å².